The molecule has 0 radical (unpaired) electrons. The number of nitrogens with zero attached hydrogens (tertiary/aromatic N) is 4. The molecule has 0 saturated carbocycles. The van der Waals surface area contributed by atoms with Gasteiger partial charge < -0.3 is 11.1 Å². The topological polar surface area (TPSA) is 133 Å². The molecule has 3 rings (SSSR count). The van der Waals surface area contributed by atoms with Gasteiger partial charge in [0, 0.05) is 32.1 Å². The minimum absolute atomic E-state index is 0.0839. The zero-order chi connectivity index (χ0) is 20.1. The molecule has 3 aromatic heterocycles. The van der Waals surface area contributed by atoms with Crippen LogP contribution in [0.1, 0.15) is 15.9 Å². The molecule has 0 aliphatic rings. The first-order valence-electron chi connectivity index (χ1n) is 8.44. The quantitative estimate of drug-likeness (QED) is 0.567. The summed E-state index contributed by atoms with van der Waals surface area (Å²) in [5.41, 5.74) is 7.10. The van der Waals surface area contributed by atoms with E-state index in [-0.39, 0.29) is 12.0 Å². The third-order valence-corrected chi connectivity index (χ3v) is 4.12. The maximum absolute atomic E-state index is 12.9. The summed E-state index contributed by atoms with van der Waals surface area (Å²) in [5, 5.41) is 6.70. The van der Waals surface area contributed by atoms with Crippen LogP contribution < -0.4 is 11.1 Å². The molecule has 9 heteroatoms. The van der Waals surface area contributed by atoms with Crippen molar-refractivity contribution in [2.75, 3.05) is 0 Å². The zero-order valence-corrected chi connectivity index (χ0v) is 15.1. The third kappa shape index (κ3) is 4.09. The molecule has 0 bridgehead atoms. The first-order valence-corrected chi connectivity index (χ1v) is 8.44. The lowest BCUT2D eigenvalue weighted by atomic mass is 10.0. The van der Waals surface area contributed by atoms with E-state index in [0.717, 1.165) is 0 Å². The number of carbonyl (C=O) groups excluding carboxylic acids is 3. The van der Waals surface area contributed by atoms with E-state index in [1.807, 2.05) is 0 Å². The Labute approximate surface area is 160 Å². The molecule has 142 valence electrons. The van der Waals surface area contributed by atoms with Gasteiger partial charge in [0.2, 0.25) is 5.78 Å². The van der Waals surface area contributed by atoms with Crippen LogP contribution in [-0.4, -0.2) is 43.4 Å². The summed E-state index contributed by atoms with van der Waals surface area (Å²) in [4.78, 5) is 44.7. The van der Waals surface area contributed by atoms with E-state index in [2.05, 4.69) is 20.4 Å². The minimum Gasteiger partial charge on any atom is -0.363 e. The molecule has 2 amide bonds. The van der Waals surface area contributed by atoms with Crippen molar-refractivity contribution in [3.05, 3.63) is 66.2 Å². The molecule has 0 aliphatic heterocycles. The molecule has 0 saturated heterocycles. The molecule has 3 aromatic rings. The number of hydrogen-bond donors (Lipinski definition) is 2. The summed E-state index contributed by atoms with van der Waals surface area (Å²) >= 11 is 0. The lowest BCUT2D eigenvalue weighted by molar-refractivity contribution is -0.137. The second-order valence-corrected chi connectivity index (χ2v) is 6.07. The molecule has 0 spiro atoms. The molecule has 0 aliphatic carbocycles. The summed E-state index contributed by atoms with van der Waals surface area (Å²) in [7, 11) is 1.68. The van der Waals surface area contributed by atoms with E-state index in [4.69, 9.17) is 5.73 Å². The standard InChI is InChI=1S/C19H18N6O3/c1-25-16(14-6-2-3-8-22-14)13(11-23-25)19(28)24-15(17(26)18(20)27)9-12-5-4-7-21-10-12/h2-8,10-11,15H,9H2,1H3,(H2,20,27)(H,24,28). The SMILES string of the molecule is Cn1ncc(C(=O)NC(Cc2cccnc2)C(=O)C(N)=O)c1-c1ccccn1. The lowest BCUT2D eigenvalue weighted by Gasteiger charge is -2.16. The van der Waals surface area contributed by atoms with Crippen LogP contribution in [0.5, 0.6) is 0 Å². The minimum atomic E-state index is -1.12. The Morgan fingerprint density at radius 2 is 1.96 bits per heavy atom. The monoisotopic (exact) mass is 378 g/mol. The van der Waals surface area contributed by atoms with Gasteiger partial charge in [-0.05, 0) is 23.8 Å². The molecule has 1 unspecified atom stereocenters. The van der Waals surface area contributed by atoms with Gasteiger partial charge in [0.05, 0.1) is 23.1 Å². The molecule has 28 heavy (non-hydrogen) atoms. The highest BCUT2D eigenvalue weighted by Crippen LogP contribution is 2.21. The highest BCUT2D eigenvalue weighted by atomic mass is 16.2. The van der Waals surface area contributed by atoms with Crippen molar-refractivity contribution < 1.29 is 14.4 Å². The van der Waals surface area contributed by atoms with Gasteiger partial charge in [-0.2, -0.15) is 5.10 Å². The smallest absolute Gasteiger partial charge is 0.287 e. The fraction of sp³-hybridized carbons (Fsp3) is 0.158. The Kier molecular flexibility index (Phi) is 5.54. The number of pyridine rings is 2. The van der Waals surface area contributed by atoms with Crippen molar-refractivity contribution in [2.45, 2.75) is 12.5 Å². The van der Waals surface area contributed by atoms with E-state index in [0.29, 0.717) is 17.0 Å². The van der Waals surface area contributed by atoms with Crippen molar-refractivity contribution >= 4 is 17.6 Å². The average Bonchev–Trinajstić information content (AvgIpc) is 3.09. The predicted molar refractivity (Wildman–Crippen MR) is 99.8 cm³/mol. The van der Waals surface area contributed by atoms with Crippen molar-refractivity contribution in [1.29, 1.82) is 0 Å². The van der Waals surface area contributed by atoms with Crippen LogP contribution in [0, 0.1) is 0 Å². The number of aryl methyl sites for hydroxylation is 1. The number of nitrogens with two attached hydrogens (primary N) is 1. The van der Waals surface area contributed by atoms with Crippen LogP contribution >= 0.6 is 0 Å². The number of rotatable bonds is 7. The van der Waals surface area contributed by atoms with Crippen LogP contribution in [0.4, 0.5) is 0 Å². The van der Waals surface area contributed by atoms with Crippen molar-refractivity contribution in [2.24, 2.45) is 12.8 Å². The largest absolute Gasteiger partial charge is 0.363 e. The van der Waals surface area contributed by atoms with Gasteiger partial charge in [0.25, 0.3) is 11.8 Å². The van der Waals surface area contributed by atoms with E-state index in [9.17, 15) is 14.4 Å². The number of ketones is 1. The first kappa shape index (κ1) is 18.9. The average molecular weight is 378 g/mol. The fourth-order valence-electron chi connectivity index (χ4n) is 2.78. The zero-order valence-electron chi connectivity index (χ0n) is 15.1. The summed E-state index contributed by atoms with van der Waals surface area (Å²) in [5.74, 6) is -2.57. The number of hydrogen-bond acceptors (Lipinski definition) is 6. The molecule has 9 nitrogen and oxygen atoms in total. The number of carbonyl (C=O) groups is 3. The van der Waals surface area contributed by atoms with Crippen molar-refractivity contribution in [3.63, 3.8) is 0 Å². The summed E-state index contributed by atoms with van der Waals surface area (Å²) < 4.78 is 1.52. The van der Waals surface area contributed by atoms with Gasteiger partial charge in [-0.15, -0.1) is 0 Å². The molecular weight excluding hydrogens is 360 g/mol. The molecule has 3 heterocycles. The number of Topliss-reactive ketones (excluding diaryl/α,β-unsaturated/α-hetero) is 1. The Bertz CT molecular complexity index is 1000. The molecule has 0 fully saturated rings. The van der Waals surface area contributed by atoms with Crippen LogP contribution in [0.15, 0.2) is 55.1 Å². The number of primary amides is 1. The Morgan fingerprint density at radius 3 is 2.61 bits per heavy atom. The van der Waals surface area contributed by atoms with Gasteiger partial charge >= 0.3 is 0 Å². The van der Waals surface area contributed by atoms with Crippen LogP contribution in [0.3, 0.4) is 0 Å². The van der Waals surface area contributed by atoms with Gasteiger partial charge in [-0.25, -0.2) is 0 Å². The highest BCUT2D eigenvalue weighted by molar-refractivity contribution is 6.38. The van der Waals surface area contributed by atoms with Gasteiger partial charge in [-0.1, -0.05) is 12.1 Å². The van der Waals surface area contributed by atoms with Crippen LogP contribution in [0.2, 0.25) is 0 Å². The maximum Gasteiger partial charge on any atom is 0.287 e. The number of amides is 2. The summed E-state index contributed by atoms with van der Waals surface area (Å²) in [6.07, 6.45) is 6.21. The van der Waals surface area contributed by atoms with Gasteiger partial charge in [0.15, 0.2) is 0 Å². The highest BCUT2D eigenvalue weighted by Gasteiger charge is 2.28. The predicted octanol–water partition coefficient (Wildman–Crippen LogP) is 0.273. The second kappa shape index (κ2) is 8.21. The first-order chi connectivity index (χ1) is 13.5. The van der Waals surface area contributed by atoms with Gasteiger partial charge in [-0.3, -0.25) is 29.0 Å². The van der Waals surface area contributed by atoms with Crippen LogP contribution in [0.25, 0.3) is 11.4 Å². The fourth-order valence-corrected chi connectivity index (χ4v) is 2.78. The Hall–Kier alpha value is -3.88. The number of nitrogens with one attached hydrogen (secondary N) is 1. The normalized spacial score (nSPS) is 11.6. The number of aromatic nitrogens is 4. The van der Waals surface area contributed by atoms with Crippen molar-refractivity contribution in [1.82, 2.24) is 25.1 Å². The molecule has 1 atom stereocenters. The summed E-state index contributed by atoms with van der Waals surface area (Å²) in [6.45, 7) is 0. The lowest BCUT2D eigenvalue weighted by Crippen LogP contribution is -2.47. The molecular formula is C19H18N6O3. The van der Waals surface area contributed by atoms with Crippen LogP contribution in [-0.2, 0) is 23.1 Å². The molecule has 0 aromatic carbocycles. The Balaban J connectivity index is 1.89. The van der Waals surface area contributed by atoms with Gasteiger partial charge in [0.1, 0.15) is 6.04 Å². The van der Waals surface area contributed by atoms with E-state index in [1.54, 1.807) is 56.0 Å². The van der Waals surface area contributed by atoms with E-state index in [1.165, 1.54) is 10.9 Å². The Morgan fingerprint density at radius 1 is 1.14 bits per heavy atom. The molecule has 3 N–H and O–H groups in total. The maximum atomic E-state index is 12.9. The van der Waals surface area contributed by atoms with Crippen molar-refractivity contribution in [3.8, 4) is 11.4 Å². The second-order valence-electron chi connectivity index (χ2n) is 6.07. The third-order valence-electron chi connectivity index (χ3n) is 4.12. The van der Waals surface area contributed by atoms with E-state index >= 15 is 0 Å². The van der Waals surface area contributed by atoms with E-state index < -0.39 is 23.6 Å². The summed E-state index contributed by atoms with van der Waals surface area (Å²) in [6, 6.07) is 7.61.